The minimum atomic E-state index is 1.21. The van der Waals surface area contributed by atoms with Gasteiger partial charge in [-0.1, -0.05) is 50.0 Å². The van der Waals surface area contributed by atoms with Gasteiger partial charge in [-0.3, -0.25) is 0 Å². The van der Waals surface area contributed by atoms with E-state index in [2.05, 4.69) is 19.6 Å². The molecule has 0 heteroatoms. The summed E-state index contributed by atoms with van der Waals surface area (Å²) in [4.78, 5) is 0. The molecule has 0 spiro atoms. The molecule has 0 aromatic heterocycles. The molecule has 0 amide bonds. The van der Waals surface area contributed by atoms with E-state index in [0.717, 1.165) is 0 Å². The van der Waals surface area contributed by atoms with Crippen molar-refractivity contribution in [1.82, 2.24) is 0 Å². The van der Waals surface area contributed by atoms with E-state index in [1.165, 1.54) is 50.5 Å². The number of unbranched alkanes of at least 4 members (excludes halogenated alkanes) is 3. The second-order valence-electron chi connectivity index (χ2n) is 3.77. The molecular formula is C12H20. The fourth-order valence-corrected chi connectivity index (χ4v) is 1.36. The van der Waals surface area contributed by atoms with Gasteiger partial charge in [-0.2, -0.15) is 0 Å². The van der Waals surface area contributed by atoms with Crippen molar-refractivity contribution in [2.24, 2.45) is 0 Å². The Balaban J connectivity index is 1.98. The minimum absolute atomic E-state index is 1.21. The van der Waals surface area contributed by atoms with E-state index in [9.17, 15) is 0 Å². The fraction of sp³-hybridized carbons (Fsp3) is 0.667. The third kappa shape index (κ3) is 4.38. The number of hydrogen-bond acceptors (Lipinski definition) is 0. The summed E-state index contributed by atoms with van der Waals surface area (Å²) >= 11 is 0. The highest BCUT2D eigenvalue weighted by Crippen LogP contribution is 2.29. The molecule has 1 aliphatic carbocycles. The number of rotatable bonds is 6. The first-order valence-corrected chi connectivity index (χ1v) is 5.20. The Hall–Kier alpha value is -0.520. The maximum absolute atomic E-state index is 4.06. The molecule has 0 heterocycles. The molecule has 0 aromatic rings. The van der Waals surface area contributed by atoms with Gasteiger partial charge >= 0.3 is 0 Å². The van der Waals surface area contributed by atoms with Crippen LogP contribution in [0.4, 0.5) is 0 Å². The maximum atomic E-state index is 4.06. The molecule has 0 N–H and O–H groups in total. The van der Waals surface area contributed by atoms with Gasteiger partial charge in [0.2, 0.25) is 0 Å². The van der Waals surface area contributed by atoms with Gasteiger partial charge in [-0.05, 0) is 25.7 Å². The lowest BCUT2D eigenvalue weighted by atomic mass is 10.1. The van der Waals surface area contributed by atoms with Crippen molar-refractivity contribution >= 4 is 0 Å². The molecule has 12 heavy (non-hydrogen) atoms. The summed E-state index contributed by atoms with van der Waals surface area (Å²) in [7, 11) is 0. The Morgan fingerprint density at radius 2 is 2.08 bits per heavy atom. The molecule has 1 aliphatic rings. The lowest BCUT2D eigenvalue weighted by Crippen LogP contribution is -1.79. The summed E-state index contributed by atoms with van der Waals surface area (Å²) in [6.45, 7) is 6.31. The van der Waals surface area contributed by atoms with Crippen LogP contribution in [0.2, 0.25) is 0 Å². The SMILES string of the molecule is C=C(C=C1CC1)CCCCCC. The van der Waals surface area contributed by atoms with Crippen LogP contribution in [0.25, 0.3) is 0 Å². The Labute approximate surface area is 76.4 Å². The minimum Gasteiger partial charge on any atom is -0.0958 e. The van der Waals surface area contributed by atoms with Crippen molar-refractivity contribution < 1.29 is 0 Å². The van der Waals surface area contributed by atoms with Crippen LogP contribution in [0.3, 0.4) is 0 Å². The number of hydrogen-bond donors (Lipinski definition) is 0. The summed E-state index contributed by atoms with van der Waals surface area (Å²) in [5, 5.41) is 0. The van der Waals surface area contributed by atoms with Crippen molar-refractivity contribution in [3.8, 4) is 0 Å². The average Bonchev–Trinajstić information content (AvgIpc) is 2.82. The van der Waals surface area contributed by atoms with E-state index in [1.54, 1.807) is 5.57 Å². The van der Waals surface area contributed by atoms with E-state index in [1.807, 2.05) is 0 Å². The molecule has 0 saturated heterocycles. The smallest absolute Gasteiger partial charge is 0.0279 e. The standard InChI is InChI=1S/C12H20/c1-3-4-5-6-7-11(2)10-12-8-9-12/h10H,2-9H2,1H3. The zero-order valence-electron chi connectivity index (χ0n) is 8.23. The monoisotopic (exact) mass is 164 g/mol. The van der Waals surface area contributed by atoms with Gasteiger partial charge in [0, 0.05) is 0 Å². The third-order valence-corrected chi connectivity index (χ3v) is 2.30. The predicted molar refractivity (Wildman–Crippen MR) is 55.2 cm³/mol. The van der Waals surface area contributed by atoms with Gasteiger partial charge in [0.1, 0.15) is 0 Å². The predicted octanol–water partition coefficient (Wildman–Crippen LogP) is 4.23. The lowest BCUT2D eigenvalue weighted by molar-refractivity contribution is 0.668. The van der Waals surface area contributed by atoms with Gasteiger partial charge in [0.25, 0.3) is 0 Å². The van der Waals surface area contributed by atoms with Crippen LogP contribution in [0, 0.1) is 0 Å². The molecule has 0 bridgehead atoms. The molecule has 0 nitrogen and oxygen atoms in total. The molecule has 0 atom stereocenters. The van der Waals surface area contributed by atoms with Crippen LogP contribution in [0.15, 0.2) is 23.8 Å². The van der Waals surface area contributed by atoms with E-state index in [-0.39, 0.29) is 0 Å². The van der Waals surface area contributed by atoms with Crippen molar-refractivity contribution in [2.75, 3.05) is 0 Å². The molecule has 0 aliphatic heterocycles. The second kappa shape index (κ2) is 5.18. The Bertz CT molecular complexity index is 168. The Kier molecular flexibility index (Phi) is 4.13. The highest BCUT2D eigenvalue weighted by molar-refractivity contribution is 5.27. The van der Waals surface area contributed by atoms with Gasteiger partial charge in [0.15, 0.2) is 0 Å². The molecule has 0 aromatic carbocycles. The summed E-state index contributed by atoms with van der Waals surface area (Å²) in [5.74, 6) is 0. The largest absolute Gasteiger partial charge is 0.0958 e. The van der Waals surface area contributed by atoms with Gasteiger partial charge in [-0.15, -0.1) is 0 Å². The third-order valence-electron chi connectivity index (χ3n) is 2.30. The molecule has 1 saturated carbocycles. The Morgan fingerprint density at radius 1 is 1.33 bits per heavy atom. The summed E-state index contributed by atoms with van der Waals surface area (Å²) in [6.07, 6.45) is 11.6. The number of allylic oxidation sites excluding steroid dienone is 3. The Morgan fingerprint density at radius 3 is 2.67 bits per heavy atom. The van der Waals surface area contributed by atoms with Crippen molar-refractivity contribution in [1.29, 1.82) is 0 Å². The first kappa shape index (κ1) is 9.57. The van der Waals surface area contributed by atoms with Gasteiger partial charge < -0.3 is 0 Å². The topological polar surface area (TPSA) is 0 Å². The van der Waals surface area contributed by atoms with Crippen LogP contribution in [0.5, 0.6) is 0 Å². The quantitative estimate of drug-likeness (QED) is 0.515. The fourth-order valence-electron chi connectivity index (χ4n) is 1.36. The van der Waals surface area contributed by atoms with E-state index < -0.39 is 0 Å². The van der Waals surface area contributed by atoms with Crippen LogP contribution >= 0.6 is 0 Å². The highest BCUT2D eigenvalue weighted by Gasteiger charge is 2.10. The van der Waals surface area contributed by atoms with Gasteiger partial charge in [0.05, 0.1) is 0 Å². The first-order chi connectivity index (χ1) is 5.83. The van der Waals surface area contributed by atoms with Crippen LogP contribution in [-0.2, 0) is 0 Å². The maximum Gasteiger partial charge on any atom is -0.0279 e. The lowest BCUT2D eigenvalue weighted by Gasteiger charge is -1.98. The normalized spacial score (nSPS) is 14.6. The molecule has 0 unspecified atom stereocenters. The molecule has 1 fully saturated rings. The van der Waals surface area contributed by atoms with Crippen LogP contribution in [0.1, 0.15) is 51.9 Å². The highest BCUT2D eigenvalue weighted by atomic mass is 14.2. The summed E-state index contributed by atoms with van der Waals surface area (Å²) < 4.78 is 0. The van der Waals surface area contributed by atoms with E-state index in [4.69, 9.17) is 0 Å². The van der Waals surface area contributed by atoms with Crippen molar-refractivity contribution in [3.05, 3.63) is 23.8 Å². The molecular weight excluding hydrogens is 144 g/mol. The zero-order chi connectivity index (χ0) is 8.81. The van der Waals surface area contributed by atoms with E-state index in [0.29, 0.717) is 0 Å². The van der Waals surface area contributed by atoms with Crippen LogP contribution < -0.4 is 0 Å². The average molecular weight is 164 g/mol. The first-order valence-electron chi connectivity index (χ1n) is 5.20. The summed E-state index contributed by atoms with van der Waals surface area (Å²) in [5.41, 5.74) is 2.95. The molecule has 0 radical (unpaired) electrons. The second-order valence-corrected chi connectivity index (χ2v) is 3.77. The molecule has 68 valence electrons. The molecule has 1 rings (SSSR count). The van der Waals surface area contributed by atoms with Gasteiger partial charge in [-0.25, -0.2) is 0 Å². The van der Waals surface area contributed by atoms with Crippen molar-refractivity contribution in [2.45, 2.75) is 51.9 Å². The van der Waals surface area contributed by atoms with E-state index >= 15 is 0 Å². The zero-order valence-corrected chi connectivity index (χ0v) is 8.23. The van der Waals surface area contributed by atoms with Crippen molar-refractivity contribution in [3.63, 3.8) is 0 Å². The summed E-state index contributed by atoms with van der Waals surface area (Å²) in [6, 6.07) is 0. The van der Waals surface area contributed by atoms with Crippen LogP contribution in [-0.4, -0.2) is 0 Å².